The van der Waals surface area contributed by atoms with Crippen LogP contribution in [0.25, 0.3) is 10.4 Å². The van der Waals surface area contributed by atoms with Gasteiger partial charge in [-0.2, -0.15) is 0 Å². The first-order valence-electron chi connectivity index (χ1n) is 6.88. The van der Waals surface area contributed by atoms with Crippen LogP contribution in [-0.4, -0.2) is 53.7 Å². The van der Waals surface area contributed by atoms with E-state index in [0.29, 0.717) is 5.75 Å². The second-order valence-electron chi connectivity index (χ2n) is 4.91. The maximum atomic E-state index is 10.2. The Kier molecular flexibility index (Phi) is 6.50. The quantitative estimate of drug-likeness (QED) is 0.470. The molecule has 0 aromatic heterocycles. The summed E-state index contributed by atoms with van der Waals surface area (Å²) in [6, 6.07) is 9.09. The van der Waals surface area contributed by atoms with Crippen molar-refractivity contribution >= 4 is 11.8 Å². The van der Waals surface area contributed by atoms with Gasteiger partial charge >= 0.3 is 0 Å². The zero-order chi connectivity index (χ0) is 15.9. The van der Waals surface area contributed by atoms with Gasteiger partial charge in [-0.05, 0) is 11.1 Å². The smallest absolute Gasteiger partial charge is 0.170 e. The summed E-state index contributed by atoms with van der Waals surface area (Å²) in [6.07, 6.45) is -2.56. The van der Waals surface area contributed by atoms with E-state index in [1.807, 2.05) is 30.3 Å². The molecule has 0 saturated carbocycles. The molecule has 5 atom stereocenters. The second kappa shape index (κ2) is 8.38. The minimum Gasteiger partial charge on any atom is -0.394 e. The molecule has 1 aliphatic heterocycles. The van der Waals surface area contributed by atoms with Gasteiger partial charge in [0.05, 0.1) is 24.0 Å². The van der Waals surface area contributed by atoms with Crippen LogP contribution in [0.15, 0.2) is 35.4 Å². The van der Waals surface area contributed by atoms with E-state index in [-0.39, 0.29) is 11.9 Å². The Balaban J connectivity index is 2.14. The molecule has 0 spiro atoms. The van der Waals surface area contributed by atoms with Gasteiger partial charge in [0.25, 0.3) is 0 Å². The molecule has 7 nitrogen and oxygen atoms in total. The first-order chi connectivity index (χ1) is 10.7. The maximum absolute atomic E-state index is 10.2. The van der Waals surface area contributed by atoms with Crippen molar-refractivity contribution in [3.05, 3.63) is 46.3 Å². The molecule has 1 aromatic rings. The second-order valence-corrected chi connectivity index (χ2v) is 6.07. The van der Waals surface area contributed by atoms with E-state index in [9.17, 15) is 10.2 Å². The summed E-state index contributed by atoms with van der Waals surface area (Å²) < 4.78 is 10.8. The van der Waals surface area contributed by atoms with Crippen molar-refractivity contribution in [2.24, 2.45) is 5.11 Å². The van der Waals surface area contributed by atoms with Crippen LogP contribution in [0.2, 0.25) is 0 Å². The summed E-state index contributed by atoms with van der Waals surface area (Å²) >= 11 is 1.49. The van der Waals surface area contributed by atoms with E-state index in [0.717, 1.165) is 5.56 Å². The van der Waals surface area contributed by atoms with E-state index in [1.54, 1.807) is 0 Å². The summed E-state index contributed by atoms with van der Waals surface area (Å²) in [4.78, 5) is 2.81. The van der Waals surface area contributed by atoms with Crippen molar-refractivity contribution in [3.63, 3.8) is 0 Å². The number of hydrogen-bond acceptors (Lipinski definition) is 6. The lowest BCUT2D eigenvalue weighted by Gasteiger charge is -2.41. The van der Waals surface area contributed by atoms with Crippen molar-refractivity contribution in [3.8, 4) is 0 Å². The molecule has 0 amide bonds. The average molecular weight is 325 g/mol. The number of hydrogen-bond donors (Lipinski definition) is 2. The van der Waals surface area contributed by atoms with Crippen molar-refractivity contribution in [1.29, 1.82) is 0 Å². The van der Waals surface area contributed by atoms with Gasteiger partial charge in [-0.1, -0.05) is 35.4 Å². The molecule has 0 aliphatic carbocycles. The minimum atomic E-state index is -1.07. The van der Waals surface area contributed by atoms with E-state index < -0.39 is 24.5 Å². The number of nitrogens with zero attached hydrogens (tertiary/aromatic N) is 3. The Hall–Kier alpha value is -1.28. The lowest BCUT2D eigenvalue weighted by molar-refractivity contribution is -0.220. The molecule has 1 aliphatic rings. The Morgan fingerprint density at radius 2 is 2.14 bits per heavy atom. The van der Waals surface area contributed by atoms with Crippen LogP contribution in [0, 0.1) is 0 Å². The molecule has 22 heavy (non-hydrogen) atoms. The van der Waals surface area contributed by atoms with Crippen molar-refractivity contribution in [2.75, 3.05) is 13.7 Å². The molecule has 120 valence electrons. The molecule has 0 radical (unpaired) electrons. The van der Waals surface area contributed by atoms with E-state index >= 15 is 0 Å². The normalized spacial score (nSPS) is 31.5. The molecule has 5 unspecified atom stereocenters. The fourth-order valence-electron chi connectivity index (χ4n) is 2.38. The van der Waals surface area contributed by atoms with Gasteiger partial charge in [0, 0.05) is 17.8 Å². The minimum absolute atomic E-state index is 0.362. The average Bonchev–Trinajstić information content (AvgIpc) is 2.56. The number of aliphatic hydroxyl groups excluding tert-OH is 2. The fraction of sp³-hybridized carbons (Fsp3) is 0.571. The Morgan fingerprint density at radius 3 is 2.73 bits per heavy atom. The number of ether oxygens (including phenoxy) is 2. The van der Waals surface area contributed by atoms with Crippen LogP contribution >= 0.6 is 11.8 Å². The zero-order valence-corrected chi connectivity index (χ0v) is 13.0. The standard InChI is InChI=1S/C14H19N3O4S/c1-20-14-13(22-8-9-5-3-2-4-6-9)11(16-17-15)12(19)10(7-18)21-14/h2-6,10-14,18-19H,7-8H2,1H3. The number of azide groups is 1. The third-order valence-electron chi connectivity index (χ3n) is 3.53. The van der Waals surface area contributed by atoms with Crippen molar-refractivity contribution in [1.82, 2.24) is 0 Å². The van der Waals surface area contributed by atoms with Crippen molar-refractivity contribution in [2.45, 2.75) is 35.5 Å². The monoisotopic (exact) mass is 325 g/mol. The van der Waals surface area contributed by atoms with Gasteiger partial charge in [-0.15, -0.1) is 11.8 Å². The fourth-order valence-corrected chi connectivity index (χ4v) is 3.71. The number of aliphatic hydroxyl groups is 2. The maximum Gasteiger partial charge on any atom is 0.170 e. The van der Waals surface area contributed by atoms with Crippen LogP contribution in [-0.2, 0) is 15.2 Å². The SMILES string of the molecule is COC1OC(CO)C(O)C(N=[N+]=[N-])C1SCc1ccccc1. The Labute approximate surface area is 132 Å². The predicted molar refractivity (Wildman–Crippen MR) is 83.2 cm³/mol. The molecule has 1 heterocycles. The molecule has 1 aromatic carbocycles. The number of methoxy groups -OCH3 is 1. The summed E-state index contributed by atoms with van der Waals surface area (Å²) in [5, 5.41) is 22.8. The van der Waals surface area contributed by atoms with E-state index in [1.165, 1.54) is 18.9 Å². The van der Waals surface area contributed by atoms with Crippen LogP contribution in [0.5, 0.6) is 0 Å². The summed E-state index contributed by atoms with van der Waals surface area (Å²) in [5.41, 5.74) is 9.86. The number of thioether (sulfide) groups is 1. The van der Waals surface area contributed by atoms with Gasteiger partial charge in [0.2, 0.25) is 0 Å². The number of benzene rings is 1. The van der Waals surface area contributed by atoms with Gasteiger partial charge in [0.1, 0.15) is 6.10 Å². The summed E-state index contributed by atoms with van der Waals surface area (Å²) in [7, 11) is 1.49. The highest BCUT2D eigenvalue weighted by molar-refractivity contribution is 7.99. The van der Waals surface area contributed by atoms with Crippen LogP contribution in [0.4, 0.5) is 0 Å². The van der Waals surface area contributed by atoms with Gasteiger partial charge in [0.15, 0.2) is 6.29 Å². The highest BCUT2D eigenvalue weighted by Crippen LogP contribution is 2.34. The van der Waals surface area contributed by atoms with E-state index in [2.05, 4.69) is 10.0 Å². The molecule has 2 N–H and O–H groups in total. The summed E-state index contributed by atoms with van der Waals surface area (Å²) in [5.74, 6) is 0.669. The molecule has 0 bridgehead atoms. The molecule has 2 rings (SSSR count). The van der Waals surface area contributed by atoms with Crippen LogP contribution in [0.1, 0.15) is 5.56 Å². The highest BCUT2D eigenvalue weighted by atomic mass is 32.2. The molecule has 1 fully saturated rings. The largest absolute Gasteiger partial charge is 0.394 e. The van der Waals surface area contributed by atoms with Gasteiger partial charge < -0.3 is 19.7 Å². The van der Waals surface area contributed by atoms with Gasteiger partial charge in [-0.25, -0.2) is 0 Å². The lowest BCUT2D eigenvalue weighted by Crippen LogP contribution is -2.57. The topological polar surface area (TPSA) is 108 Å². The van der Waals surface area contributed by atoms with Crippen LogP contribution in [0.3, 0.4) is 0 Å². The molecular formula is C14H19N3O4S. The number of rotatable bonds is 6. The third-order valence-corrected chi connectivity index (χ3v) is 4.91. The van der Waals surface area contributed by atoms with Crippen LogP contribution < -0.4 is 0 Å². The lowest BCUT2D eigenvalue weighted by atomic mass is 9.99. The third kappa shape index (κ3) is 3.92. The molecule has 8 heteroatoms. The predicted octanol–water partition coefficient (Wildman–Crippen LogP) is 1.69. The summed E-state index contributed by atoms with van der Waals surface area (Å²) in [6.45, 7) is -0.367. The molecule has 1 saturated heterocycles. The van der Waals surface area contributed by atoms with E-state index in [4.69, 9.17) is 15.0 Å². The Bertz CT molecular complexity index is 512. The first-order valence-corrected chi connectivity index (χ1v) is 7.93. The highest BCUT2D eigenvalue weighted by Gasteiger charge is 2.45. The molecular weight excluding hydrogens is 306 g/mol. The Morgan fingerprint density at radius 1 is 1.41 bits per heavy atom. The van der Waals surface area contributed by atoms with Gasteiger partial charge in [-0.3, -0.25) is 0 Å². The van der Waals surface area contributed by atoms with Crippen molar-refractivity contribution < 1.29 is 19.7 Å². The first kappa shape index (κ1) is 17.1. The zero-order valence-electron chi connectivity index (χ0n) is 12.1.